The summed E-state index contributed by atoms with van der Waals surface area (Å²) in [7, 11) is 0. The first-order chi connectivity index (χ1) is 48.4. The Labute approximate surface area is 592 Å². The van der Waals surface area contributed by atoms with Crippen LogP contribution in [0.2, 0.25) is 0 Å². The normalized spacial score (nSPS) is 14.9. The zero-order valence-corrected chi connectivity index (χ0v) is 60.2. The van der Waals surface area contributed by atoms with Crippen LogP contribution in [-0.4, -0.2) is 0 Å². The van der Waals surface area contributed by atoms with Crippen molar-refractivity contribution in [3.63, 3.8) is 0 Å². The zero-order valence-electron chi connectivity index (χ0n) is 60.2. The van der Waals surface area contributed by atoms with Crippen LogP contribution in [0, 0.1) is 39.5 Å². The summed E-state index contributed by atoms with van der Waals surface area (Å²) in [4.78, 5) is 5.10. The third-order valence-corrected chi connectivity index (χ3v) is 22.9. The summed E-state index contributed by atoms with van der Waals surface area (Å²) >= 11 is 0. The van der Waals surface area contributed by atoms with Crippen LogP contribution in [0.4, 0.5) is 34.1 Å². The van der Waals surface area contributed by atoms with Crippen molar-refractivity contribution in [3.05, 3.63) is 298 Å². The zero-order chi connectivity index (χ0) is 68.3. The molecule has 2 fully saturated rings. The van der Waals surface area contributed by atoms with Gasteiger partial charge in [-0.1, -0.05) is 260 Å². The van der Waals surface area contributed by atoms with Crippen LogP contribution in [0.15, 0.2) is 243 Å². The third-order valence-electron chi connectivity index (χ3n) is 22.9. The second-order valence-electron chi connectivity index (χ2n) is 32.1. The maximum Gasteiger partial charge on any atom is 0.0474 e. The molecule has 0 aliphatic heterocycles. The second-order valence-corrected chi connectivity index (χ2v) is 32.1. The first-order valence-electron chi connectivity index (χ1n) is 37.3. The van der Waals surface area contributed by atoms with E-state index in [4.69, 9.17) is 0 Å². The van der Waals surface area contributed by atoms with Gasteiger partial charge in [0.15, 0.2) is 0 Å². The van der Waals surface area contributed by atoms with Crippen LogP contribution >= 0.6 is 0 Å². The van der Waals surface area contributed by atoms with Gasteiger partial charge in [-0.25, -0.2) is 0 Å². The molecule has 2 nitrogen and oxygen atoms in total. The molecule has 100 heavy (non-hydrogen) atoms. The first-order valence-corrected chi connectivity index (χ1v) is 37.3. The van der Waals surface area contributed by atoms with E-state index in [9.17, 15) is 0 Å². The first kappa shape index (κ1) is 63.4. The number of hydrogen-bond acceptors (Lipinski definition) is 2. The molecule has 2 aliphatic carbocycles. The summed E-state index contributed by atoms with van der Waals surface area (Å²) in [6.45, 7) is 23.0. The average molecular weight is 1300 g/mol. The highest BCUT2D eigenvalue weighted by Gasteiger charge is 2.30. The molecule has 0 unspecified atom stereocenters. The molecular weight excluding hydrogens is 1210 g/mol. The summed E-state index contributed by atoms with van der Waals surface area (Å²) in [6.07, 6.45) is 18.1. The van der Waals surface area contributed by atoms with Crippen LogP contribution < -0.4 is 9.80 Å². The van der Waals surface area contributed by atoms with Gasteiger partial charge in [0, 0.05) is 34.1 Å². The van der Waals surface area contributed by atoms with E-state index < -0.39 is 0 Å². The quantitative estimate of drug-likeness (QED) is 0.0889. The Morgan fingerprint density at radius 2 is 0.560 bits per heavy atom. The lowest BCUT2D eigenvalue weighted by Gasteiger charge is -2.30. The molecule has 2 heteroatoms. The highest BCUT2D eigenvalue weighted by Crippen LogP contribution is 2.55. The molecule has 0 saturated heterocycles. The summed E-state index contributed by atoms with van der Waals surface area (Å²) in [5.41, 5.74) is 22.1. The predicted molar refractivity (Wildman–Crippen MR) is 435 cm³/mol. The minimum atomic E-state index is -0.105. The van der Waals surface area contributed by atoms with Crippen LogP contribution in [0.3, 0.4) is 0 Å². The minimum absolute atomic E-state index is 0.105. The molecule has 0 atom stereocenters. The number of benzene rings is 15. The summed E-state index contributed by atoms with van der Waals surface area (Å²) in [5, 5.41) is 20.6. The van der Waals surface area contributed by atoms with Crippen molar-refractivity contribution in [1.82, 2.24) is 0 Å². The fraction of sp³-hybridized carbons (Fsp3) is 0.245. The van der Waals surface area contributed by atoms with Crippen molar-refractivity contribution in [2.45, 2.75) is 144 Å². The van der Waals surface area contributed by atoms with Gasteiger partial charge in [-0.05, 0) is 292 Å². The Kier molecular flexibility index (Phi) is 15.9. The maximum atomic E-state index is 2.61. The number of fused-ring (bicyclic) bond motifs is 6. The highest BCUT2D eigenvalue weighted by atomic mass is 15.1. The van der Waals surface area contributed by atoms with Gasteiger partial charge in [-0.15, -0.1) is 0 Å². The Hall–Kier alpha value is -10.0. The van der Waals surface area contributed by atoms with Crippen molar-refractivity contribution in [1.29, 1.82) is 0 Å². The standard InChI is InChI=1S/C98H92N2/c1-61-27-35-67(36-28-61)83(51-65-19-13-11-14-20-65)69-39-47-77(48-40-69)99(75-43-31-63(3)32-44-75)79-57-87-85-55-73(97(5,6)7)53-71-23-18-26-82(91(71)85)94-90-60-80(58-88-86-56-74(98(8,9)10)54-72-24-17-25-81(92(72)86)93(96(88)90)89(59-79)95(87)94)100(76-45-33-64(4)34-46-76)78-49-41-70(42-50-78)84(52-66-21-15-12-16-22-66)68-37-29-62(2)30-38-68/h17-18,23-60,65-66H,11-16,19-22H2,1-10H3. The monoisotopic (exact) mass is 1300 g/mol. The number of hydrogen-bond donors (Lipinski definition) is 0. The Morgan fingerprint density at radius 1 is 0.280 bits per heavy atom. The highest BCUT2D eigenvalue weighted by molar-refractivity contribution is 6.48. The van der Waals surface area contributed by atoms with Crippen molar-refractivity contribution >= 4 is 131 Å². The smallest absolute Gasteiger partial charge is 0.0474 e. The lowest BCUT2D eigenvalue weighted by Crippen LogP contribution is -2.12. The molecule has 2 aliphatic rings. The topological polar surface area (TPSA) is 6.48 Å². The van der Waals surface area contributed by atoms with E-state index in [0.29, 0.717) is 11.8 Å². The lowest BCUT2D eigenvalue weighted by molar-refractivity contribution is 0.420. The molecule has 17 rings (SSSR count). The number of nitrogens with zero attached hydrogens (tertiary/aromatic N) is 2. The maximum absolute atomic E-state index is 2.61. The molecule has 15 aromatic rings. The van der Waals surface area contributed by atoms with Gasteiger partial charge < -0.3 is 9.80 Å². The van der Waals surface area contributed by atoms with Gasteiger partial charge in [0.2, 0.25) is 0 Å². The molecular formula is C98H92N2. The molecule has 0 amide bonds. The average Bonchev–Trinajstić information content (AvgIpc) is 0.676. The third kappa shape index (κ3) is 11.4. The van der Waals surface area contributed by atoms with Gasteiger partial charge >= 0.3 is 0 Å². The molecule has 0 radical (unpaired) electrons. The Bertz CT molecular complexity index is 5310. The number of aryl methyl sites for hydroxylation is 4. The van der Waals surface area contributed by atoms with E-state index in [2.05, 4.69) is 322 Å². The summed E-state index contributed by atoms with van der Waals surface area (Å²) < 4.78 is 0. The number of rotatable bonds is 12. The number of allylic oxidation sites excluding steroid dienone is 2. The van der Waals surface area contributed by atoms with Gasteiger partial charge in [-0.3, -0.25) is 0 Å². The van der Waals surface area contributed by atoms with Gasteiger partial charge in [-0.2, -0.15) is 0 Å². The SMILES string of the molecule is Cc1ccc(C(=CC2CCCCC2)c2ccc(N(c3ccc(C)cc3)c3cc4c5cc(C(C)(C)C)cc6cccc(c65)c5c6cc(N(c7ccc(C)cc7)c7ccc(C(=CC8CCCCC8)c8ccc(C)cc8)cc7)cc7c8cc(C(C)(C)C)cc9cccc(c98)c(c(c3)c45)c76)cc2)cc1. The van der Waals surface area contributed by atoms with Crippen molar-refractivity contribution in [3.8, 4) is 0 Å². The fourth-order valence-corrected chi connectivity index (χ4v) is 17.4. The fourth-order valence-electron chi connectivity index (χ4n) is 17.4. The van der Waals surface area contributed by atoms with Gasteiger partial charge in [0.25, 0.3) is 0 Å². The van der Waals surface area contributed by atoms with Gasteiger partial charge in [0.1, 0.15) is 0 Å². The van der Waals surface area contributed by atoms with E-state index in [0.717, 1.165) is 34.1 Å². The molecule has 494 valence electrons. The van der Waals surface area contributed by atoms with E-state index >= 15 is 0 Å². The molecule has 0 spiro atoms. The summed E-state index contributed by atoms with van der Waals surface area (Å²) in [6, 6.07) is 90.7. The molecule has 0 bridgehead atoms. The predicted octanol–water partition coefficient (Wildman–Crippen LogP) is 28.6. The van der Waals surface area contributed by atoms with Crippen LogP contribution in [0.25, 0.3) is 97.3 Å². The molecule has 0 heterocycles. The molecule has 2 saturated carbocycles. The Balaban J connectivity index is 0.972. The minimum Gasteiger partial charge on any atom is -0.310 e. The van der Waals surface area contributed by atoms with Gasteiger partial charge in [0.05, 0.1) is 0 Å². The van der Waals surface area contributed by atoms with E-state index in [1.165, 1.54) is 217 Å². The molecule has 0 N–H and O–H groups in total. The van der Waals surface area contributed by atoms with Crippen LogP contribution in [0.1, 0.15) is 161 Å². The summed E-state index contributed by atoms with van der Waals surface area (Å²) in [5.74, 6) is 1.15. The van der Waals surface area contributed by atoms with Crippen LogP contribution in [-0.2, 0) is 10.8 Å². The van der Waals surface area contributed by atoms with E-state index in [-0.39, 0.29) is 10.8 Å². The largest absolute Gasteiger partial charge is 0.310 e. The van der Waals surface area contributed by atoms with Crippen molar-refractivity contribution in [2.24, 2.45) is 11.8 Å². The second kappa shape index (κ2) is 25.0. The molecule has 0 aromatic heterocycles. The molecule has 15 aromatic carbocycles. The van der Waals surface area contributed by atoms with Crippen molar-refractivity contribution < 1.29 is 0 Å². The van der Waals surface area contributed by atoms with Crippen molar-refractivity contribution in [2.75, 3.05) is 9.80 Å². The van der Waals surface area contributed by atoms with E-state index in [1.54, 1.807) is 0 Å². The van der Waals surface area contributed by atoms with Crippen LogP contribution in [0.5, 0.6) is 0 Å². The number of anilines is 6. The lowest BCUT2D eigenvalue weighted by atomic mass is 9.78. The Morgan fingerprint density at radius 3 is 0.890 bits per heavy atom. The van der Waals surface area contributed by atoms with E-state index in [1.807, 2.05) is 0 Å².